The first-order chi connectivity index (χ1) is 8.55. The van der Waals surface area contributed by atoms with E-state index in [1.165, 1.54) is 0 Å². The average Bonchev–Trinajstić information content (AvgIpc) is 2.36. The van der Waals surface area contributed by atoms with Crippen LogP contribution >= 0.6 is 0 Å². The van der Waals surface area contributed by atoms with Gasteiger partial charge in [0.2, 0.25) is 5.91 Å². The molecule has 104 valence electrons. The Labute approximate surface area is 109 Å². The van der Waals surface area contributed by atoms with Gasteiger partial charge in [0.1, 0.15) is 0 Å². The minimum Gasteiger partial charge on any atom is -0.481 e. The first-order valence-electron chi connectivity index (χ1n) is 7.07. The molecule has 0 heterocycles. The number of rotatable bonds is 6. The highest BCUT2D eigenvalue weighted by molar-refractivity contribution is 5.85. The first kappa shape index (κ1) is 15.0. The molecule has 18 heavy (non-hydrogen) atoms. The normalized spacial score (nSPS) is 18.3. The summed E-state index contributed by atoms with van der Waals surface area (Å²) in [5.74, 6) is -0.785. The summed E-state index contributed by atoms with van der Waals surface area (Å²) in [6.07, 6.45) is 5.35. The molecule has 1 aliphatic carbocycles. The summed E-state index contributed by atoms with van der Waals surface area (Å²) in [5, 5.41) is 9.45. The van der Waals surface area contributed by atoms with Crippen molar-refractivity contribution in [2.75, 3.05) is 13.1 Å². The molecule has 1 fully saturated rings. The number of carboxylic acids is 1. The molecule has 4 nitrogen and oxygen atoms in total. The minimum absolute atomic E-state index is 0.00338. The molecule has 1 amide bonds. The predicted molar refractivity (Wildman–Crippen MR) is 70.3 cm³/mol. The van der Waals surface area contributed by atoms with Gasteiger partial charge >= 0.3 is 5.97 Å². The Morgan fingerprint density at radius 2 is 1.78 bits per heavy atom. The number of carboxylic acid groups (broad SMARTS) is 1. The fourth-order valence-corrected chi connectivity index (χ4v) is 2.83. The van der Waals surface area contributed by atoms with Crippen molar-refractivity contribution in [2.45, 2.75) is 58.8 Å². The van der Waals surface area contributed by atoms with Gasteiger partial charge in [0.15, 0.2) is 0 Å². The summed E-state index contributed by atoms with van der Waals surface area (Å²) in [6, 6.07) is 0. The standard InChI is InChI=1S/C14H25NO3/c1-3-10-15(4-2)12(16)11-14(13(17)18)8-6-5-7-9-14/h3-11H2,1-2H3,(H,17,18). The molecular weight excluding hydrogens is 230 g/mol. The van der Waals surface area contributed by atoms with Crippen molar-refractivity contribution < 1.29 is 14.7 Å². The zero-order valence-electron chi connectivity index (χ0n) is 11.6. The predicted octanol–water partition coefficient (Wildman–Crippen LogP) is 2.67. The van der Waals surface area contributed by atoms with Crippen LogP contribution in [0, 0.1) is 5.41 Å². The zero-order chi connectivity index (χ0) is 13.6. The van der Waals surface area contributed by atoms with E-state index in [4.69, 9.17) is 0 Å². The molecule has 1 aliphatic rings. The van der Waals surface area contributed by atoms with Gasteiger partial charge < -0.3 is 10.0 Å². The van der Waals surface area contributed by atoms with Crippen LogP contribution in [0.4, 0.5) is 0 Å². The van der Waals surface area contributed by atoms with E-state index < -0.39 is 11.4 Å². The number of amides is 1. The van der Waals surface area contributed by atoms with Crippen molar-refractivity contribution in [1.29, 1.82) is 0 Å². The van der Waals surface area contributed by atoms with Gasteiger partial charge in [-0.25, -0.2) is 0 Å². The maximum absolute atomic E-state index is 12.2. The zero-order valence-corrected chi connectivity index (χ0v) is 11.6. The number of carbonyl (C=O) groups excluding carboxylic acids is 1. The third-order valence-corrected chi connectivity index (χ3v) is 3.98. The molecule has 0 spiro atoms. The van der Waals surface area contributed by atoms with Crippen molar-refractivity contribution in [2.24, 2.45) is 5.41 Å². The van der Waals surface area contributed by atoms with E-state index in [1.54, 1.807) is 4.90 Å². The molecule has 1 saturated carbocycles. The van der Waals surface area contributed by atoms with E-state index in [2.05, 4.69) is 0 Å². The smallest absolute Gasteiger partial charge is 0.310 e. The van der Waals surface area contributed by atoms with E-state index >= 15 is 0 Å². The van der Waals surface area contributed by atoms with Gasteiger partial charge in [-0.2, -0.15) is 0 Å². The maximum Gasteiger partial charge on any atom is 0.310 e. The van der Waals surface area contributed by atoms with Crippen molar-refractivity contribution in [3.8, 4) is 0 Å². The Morgan fingerprint density at radius 1 is 1.17 bits per heavy atom. The highest BCUT2D eigenvalue weighted by Gasteiger charge is 2.42. The molecule has 4 heteroatoms. The summed E-state index contributed by atoms with van der Waals surface area (Å²) in [7, 11) is 0. The first-order valence-corrected chi connectivity index (χ1v) is 7.07. The van der Waals surface area contributed by atoms with Crippen molar-refractivity contribution >= 4 is 11.9 Å². The SMILES string of the molecule is CCCN(CC)C(=O)CC1(C(=O)O)CCCCC1. The number of nitrogens with zero attached hydrogens (tertiary/aromatic N) is 1. The van der Waals surface area contributed by atoms with Crippen molar-refractivity contribution in [1.82, 2.24) is 4.90 Å². The van der Waals surface area contributed by atoms with Gasteiger partial charge in [-0.1, -0.05) is 26.2 Å². The lowest BCUT2D eigenvalue weighted by Crippen LogP contribution is -2.41. The van der Waals surface area contributed by atoms with Gasteiger partial charge in [-0.05, 0) is 26.2 Å². The van der Waals surface area contributed by atoms with E-state index in [9.17, 15) is 14.7 Å². The largest absolute Gasteiger partial charge is 0.481 e. The molecule has 0 atom stereocenters. The molecule has 0 aromatic heterocycles. The van der Waals surface area contributed by atoms with Crippen molar-refractivity contribution in [3.05, 3.63) is 0 Å². The van der Waals surface area contributed by atoms with Crippen LogP contribution in [0.1, 0.15) is 58.8 Å². The van der Waals surface area contributed by atoms with Crippen LogP contribution in [0.3, 0.4) is 0 Å². The highest BCUT2D eigenvalue weighted by atomic mass is 16.4. The lowest BCUT2D eigenvalue weighted by molar-refractivity contribution is -0.156. The molecule has 0 unspecified atom stereocenters. The summed E-state index contributed by atoms with van der Waals surface area (Å²) in [5.41, 5.74) is -0.795. The van der Waals surface area contributed by atoms with Gasteiger partial charge in [0, 0.05) is 19.5 Å². The molecule has 0 aliphatic heterocycles. The third kappa shape index (κ3) is 3.47. The Morgan fingerprint density at radius 3 is 2.22 bits per heavy atom. The quantitative estimate of drug-likeness (QED) is 0.793. The third-order valence-electron chi connectivity index (χ3n) is 3.98. The van der Waals surface area contributed by atoms with E-state index in [-0.39, 0.29) is 12.3 Å². The second kappa shape index (κ2) is 6.76. The van der Waals surface area contributed by atoms with Crippen LogP contribution in [-0.4, -0.2) is 35.0 Å². The van der Waals surface area contributed by atoms with Crippen LogP contribution in [0.5, 0.6) is 0 Å². The lowest BCUT2D eigenvalue weighted by atomic mass is 9.71. The fourth-order valence-electron chi connectivity index (χ4n) is 2.83. The van der Waals surface area contributed by atoms with Crippen LogP contribution in [0.15, 0.2) is 0 Å². The van der Waals surface area contributed by atoms with Crippen LogP contribution in [0.25, 0.3) is 0 Å². The molecule has 0 saturated heterocycles. The van der Waals surface area contributed by atoms with Crippen LogP contribution in [-0.2, 0) is 9.59 Å². The van der Waals surface area contributed by atoms with Gasteiger partial charge in [-0.15, -0.1) is 0 Å². The van der Waals surface area contributed by atoms with Gasteiger partial charge in [0.05, 0.1) is 5.41 Å². The van der Waals surface area contributed by atoms with E-state index in [0.29, 0.717) is 19.4 Å². The summed E-state index contributed by atoms with van der Waals surface area (Å²) in [6.45, 7) is 5.37. The number of hydrogen-bond donors (Lipinski definition) is 1. The lowest BCUT2D eigenvalue weighted by Gasteiger charge is -2.34. The Bertz CT molecular complexity index is 295. The van der Waals surface area contributed by atoms with Gasteiger partial charge in [0.25, 0.3) is 0 Å². The van der Waals surface area contributed by atoms with Gasteiger partial charge in [-0.3, -0.25) is 9.59 Å². The molecule has 1 N–H and O–H groups in total. The highest BCUT2D eigenvalue weighted by Crippen LogP contribution is 2.40. The molecule has 0 radical (unpaired) electrons. The second-order valence-corrected chi connectivity index (χ2v) is 5.30. The summed E-state index contributed by atoms with van der Waals surface area (Å²) < 4.78 is 0. The Kier molecular flexibility index (Phi) is 5.63. The Balaban J connectivity index is 2.71. The Hall–Kier alpha value is -1.06. The van der Waals surface area contributed by atoms with E-state index in [0.717, 1.165) is 32.2 Å². The average molecular weight is 255 g/mol. The van der Waals surface area contributed by atoms with Crippen LogP contribution in [0.2, 0.25) is 0 Å². The number of carbonyl (C=O) groups is 2. The second-order valence-electron chi connectivity index (χ2n) is 5.30. The molecule has 0 aromatic carbocycles. The maximum atomic E-state index is 12.2. The summed E-state index contributed by atoms with van der Waals surface area (Å²) >= 11 is 0. The number of aliphatic carboxylic acids is 1. The van der Waals surface area contributed by atoms with Crippen molar-refractivity contribution in [3.63, 3.8) is 0 Å². The monoisotopic (exact) mass is 255 g/mol. The fraction of sp³-hybridized carbons (Fsp3) is 0.857. The topological polar surface area (TPSA) is 57.6 Å². The molecule has 0 aromatic rings. The number of hydrogen-bond acceptors (Lipinski definition) is 2. The van der Waals surface area contributed by atoms with E-state index in [1.807, 2.05) is 13.8 Å². The molecule has 1 rings (SSSR count). The molecular formula is C14H25NO3. The molecule has 0 bridgehead atoms. The van der Waals surface area contributed by atoms with Crippen LogP contribution < -0.4 is 0 Å². The minimum atomic E-state index is -0.795. The summed E-state index contributed by atoms with van der Waals surface area (Å²) in [4.78, 5) is 25.5.